The standard InChI is InChI=1S/C28H33F4N7/c1-3-9-36-10-12-39(13-11-36)27-34-24(21-6-7-23(29)20(2)18-21)19-25(35-27)37-14-16-38(17-15-37)26-22(28(30,31)32)5-4-8-33-26/h4-8,18-19H,3,9-17H2,1-2H3. The molecule has 0 amide bonds. The summed E-state index contributed by atoms with van der Waals surface area (Å²) in [6, 6.07) is 9.21. The van der Waals surface area contributed by atoms with Crippen LogP contribution in [0.5, 0.6) is 0 Å². The van der Waals surface area contributed by atoms with Gasteiger partial charge in [0.15, 0.2) is 0 Å². The number of alkyl halides is 3. The molecule has 2 saturated heterocycles. The number of piperazine rings is 2. The Balaban J connectivity index is 1.41. The predicted octanol–water partition coefficient (Wildman–Crippen LogP) is 4.86. The van der Waals surface area contributed by atoms with Crippen molar-refractivity contribution in [3.63, 3.8) is 0 Å². The first-order valence-electron chi connectivity index (χ1n) is 13.4. The van der Waals surface area contributed by atoms with Gasteiger partial charge in [0, 0.05) is 70.2 Å². The van der Waals surface area contributed by atoms with Crippen molar-refractivity contribution >= 4 is 17.6 Å². The van der Waals surface area contributed by atoms with Gasteiger partial charge in [-0.3, -0.25) is 4.90 Å². The van der Waals surface area contributed by atoms with Crippen LogP contribution in [0.3, 0.4) is 0 Å². The summed E-state index contributed by atoms with van der Waals surface area (Å²) in [4.78, 5) is 22.2. The Morgan fingerprint density at radius 3 is 2.21 bits per heavy atom. The lowest BCUT2D eigenvalue weighted by Crippen LogP contribution is -2.48. The highest BCUT2D eigenvalue weighted by molar-refractivity contribution is 5.66. The Kier molecular flexibility index (Phi) is 7.88. The first-order valence-corrected chi connectivity index (χ1v) is 13.4. The van der Waals surface area contributed by atoms with Crippen molar-refractivity contribution in [3.05, 3.63) is 59.5 Å². The SMILES string of the molecule is CCCN1CCN(c2nc(-c3ccc(F)c(C)c3)cc(N3CCN(c4ncccc4C(F)(F)F)CC3)n2)CC1. The third-order valence-corrected chi connectivity index (χ3v) is 7.34. The lowest BCUT2D eigenvalue weighted by Gasteiger charge is -2.38. The number of nitrogens with zero attached hydrogens (tertiary/aromatic N) is 7. The van der Waals surface area contributed by atoms with Crippen molar-refractivity contribution in [3.8, 4) is 11.3 Å². The number of aryl methyl sites for hydroxylation is 1. The Labute approximate surface area is 226 Å². The molecule has 0 atom stereocenters. The monoisotopic (exact) mass is 543 g/mol. The van der Waals surface area contributed by atoms with Crippen LogP contribution in [0.4, 0.5) is 35.1 Å². The molecule has 0 unspecified atom stereocenters. The maximum absolute atomic E-state index is 14.0. The fourth-order valence-electron chi connectivity index (χ4n) is 5.18. The maximum Gasteiger partial charge on any atom is 0.419 e. The highest BCUT2D eigenvalue weighted by atomic mass is 19.4. The van der Waals surface area contributed by atoms with E-state index in [1.807, 2.05) is 6.07 Å². The molecular formula is C28H33F4N7. The molecule has 2 aliphatic rings. The maximum atomic E-state index is 14.0. The van der Waals surface area contributed by atoms with Gasteiger partial charge in [0.25, 0.3) is 0 Å². The summed E-state index contributed by atoms with van der Waals surface area (Å²) in [7, 11) is 0. The Morgan fingerprint density at radius 1 is 0.846 bits per heavy atom. The zero-order valence-electron chi connectivity index (χ0n) is 22.3. The molecule has 2 aromatic heterocycles. The summed E-state index contributed by atoms with van der Waals surface area (Å²) < 4.78 is 54.7. The number of anilines is 3. The summed E-state index contributed by atoms with van der Waals surface area (Å²) in [5.41, 5.74) is 1.30. The number of hydrogen-bond acceptors (Lipinski definition) is 7. The van der Waals surface area contributed by atoms with Crippen LogP contribution in [0.15, 0.2) is 42.6 Å². The molecule has 39 heavy (non-hydrogen) atoms. The minimum absolute atomic E-state index is 0.0412. The lowest BCUT2D eigenvalue weighted by molar-refractivity contribution is -0.137. The van der Waals surface area contributed by atoms with Gasteiger partial charge < -0.3 is 14.7 Å². The van der Waals surface area contributed by atoms with Crippen LogP contribution in [-0.2, 0) is 6.18 Å². The van der Waals surface area contributed by atoms with Crippen LogP contribution >= 0.6 is 0 Å². The number of pyridine rings is 1. The molecule has 0 aliphatic carbocycles. The molecule has 2 fully saturated rings. The van der Waals surface area contributed by atoms with Gasteiger partial charge in [-0.25, -0.2) is 14.4 Å². The minimum atomic E-state index is -4.47. The fourth-order valence-corrected chi connectivity index (χ4v) is 5.18. The predicted molar refractivity (Wildman–Crippen MR) is 145 cm³/mol. The van der Waals surface area contributed by atoms with Crippen LogP contribution in [0.1, 0.15) is 24.5 Å². The normalized spacial score (nSPS) is 17.1. The van der Waals surface area contributed by atoms with E-state index in [1.54, 1.807) is 24.0 Å². The second-order valence-electron chi connectivity index (χ2n) is 10.1. The van der Waals surface area contributed by atoms with E-state index in [4.69, 9.17) is 9.97 Å². The van der Waals surface area contributed by atoms with Gasteiger partial charge in [0.05, 0.1) is 11.3 Å². The van der Waals surface area contributed by atoms with Crippen LogP contribution in [0.2, 0.25) is 0 Å². The van der Waals surface area contributed by atoms with Gasteiger partial charge in [0.1, 0.15) is 17.5 Å². The molecule has 2 aliphatic heterocycles. The van der Waals surface area contributed by atoms with E-state index in [-0.39, 0.29) is 11.6 Å². The van der Waals surface area contributed by atoms with E-state index in [0.717, 1.165) is 50.8 Å². The van der Waals surface area contributed by atoms with Crippen molar-refractivity contribution in [2.24, 2.45) is 0 Å². The molecular weight excluding hydrogens is 510 g/mol. The number of hydrogen-bond donors (Lipinski definition) is 0. The topological polar surface area (TPSA) is 51.6 Å². The Hall–Kier alpha value is -3.47. The summed E-state index contributed by atoms with van der Waals surface area (Å²) in [5, 5.41) is 0. The number of aromatic nitrogens is 3. The third-order valence-electron chi connectivity index (χ3n) is 7.34. The molecule has 7 nitrogen and oxygen atoms in total. The summed E-state index contributed by atoms with van der Waals surface area (Å²) >= 11 is 0. The van der Waals surface area contributed by atoms with Crippen molar-refractivity contribution in [2.75, 3.05) is 73.6 Å². The molecule has 5 rings (SSSR count). The molecule has 11 heteroatoms. The molecule has 4 heterocycles. The van der Waals surface area contributed by atoms with Gasteiger partial charge in [0.2, 0.25) is 5.95 Å². The third kappa shape index (κ3) is 6.08. The lowest BCUT2D eigenvalue weighted by atomic mass is 10.1. The molecule has 1 aromatic carbocycles. The van der Waals surface area contributed by atoms with Gasteiger partial charge in [-0.1, -0.05) is 6.92 Å². The van der Waals surface area contributed by atoms with E-state index < -0.39 is 11.7 Å². The van der Waals surface area contributed by atoms with E-state index in [9.17, 15) is 17.6 Å². The van der Waals surface area contributed by atoms with E-state index in [2.05, 4.69) is 26.6 Å². The smallest absolute Gasteiger partial charge is 0.353 e. The molecule has 0 radical (unpaired) electrons. The number of benzene rings is 1. The van der Waals surface area contributed by atoms with Crippen molar-refractivity contribution in [2.45, 2.75) is 26.4 Å². The zero-order valence-corrected chi connectivity index (χ0v) is 22.3. The van der Waals surface area contributed by atoms with Gasteiger partial charge in [-0.15, -0.1) is 0 Å². The van der Waals surface area contributed by atoms with E-state index >= 15 is 0 Å². The largest absolute Gasteiger partial charge is 0.419 e. The van der Waals surface area contributed by atoms with E-state index in [1.165, 1.54) is 18.3 Å². The average Bonchev–Trinajstić information content (AvgIpc) is 2.94. The van der Waals surface area contributed by atoms with Crippen LogP contribution in [-0.4, -0.2) is 78.8 Å². The van der Waals surface area contributed by atoms with Crippen LogP contribution in [0, 0.1) is 12.7 Å². The van der Waals surface area contributed by atoms with Gasteiger partial charge >= 0.3 is 6.18 Å². The summed E-state index contributed by atoms with van der Waals surface area (Å²) in [5.74, 6) is 1.02. The van der Waals surface area contributed by atoms with Crippen molar-refractivity contribution in [1.82, 2.24) is 19.9 Å². The molecule has 208 valence electrons. The highest BCUT2D eigenvalue weighted by Gasteiger charge is 2.36. The molecule has 0 bridgehead atoms. The first kappa shape index (κ1) is 27.1. The fraction of sp³-hybridized carbons (Fsp3) is 0.464. The average molecular weight is 544 g/mol. The quantitative estimate of drug-likeness (QED) is 0.412. The zero-order chi connectivity index (χ0) is 27.6. The van der Waals surface area contributed by atoms with Crippen molar-refractivity contribution in [1.29, 1.82) is 0 Å². The first-order chi connectivity index (χ1) is 18.7. The Morgan fingerprint density at radius 2 is 1.54 bits per heavy atom. The number of halogens is 4. The summed E-state index contributed by atoms with van der Waals surface area (Å²) in [6.07, 6.45) is -1.97. The minimum Gasteiger partial charge on any atom is -0.353 e. The summed E-state index contributed by atoms with van der Waals surface area (Å²) in [6.45, 7) is 10.1. The Bertz CT molecular complexity index is 1280. The highest BCUT2D eigenvalue weighted by Crippen LogP contribution is 2.36. The van der Waals surface area contributed by atoms with Crippen LogP contribution in [0.25, 0.3) is 11.3 Å². The van der Waals surface area contributed by atoms with Crippen molar-refractivity contribution < 1.29 is 17.6 Å². The van der Waals surface area contributed by atoms with E-state index in [0.29, 0.717) is 49.2 Å². The second-order valence-corrected chi connectivity index (χ2v) is 10.1. The van der Waals surface area contributed by atoms with Gasteiger partial charge in [-0.05, 0) is 55.8 Å². The molecule has 0 spiro atoms. The van der Waals surface area contributed by atoms with Gasteiger partial charge in [-0.2, -0.15) is 18.2 Å². The molecule has 3 aromatic rings. The molecule has 0 N–H and O–H groups in total. The molecule has 0 saturated carbocycles. The second kappa shape index (κ2) is 11.3. The van der Waals surface area contributed by atoms with Crippen LogP contribution < -0.4 is 14.7 Å². The number of rotatable bonds is 6.